The molecule has 0 spiro atoms. The zero-order chi connectivity index (χ0) is 30.3. The number of carbonyl (C=O) groups excluding carboxylic acids is 3. The fraction of sp³-hybridized carbons (Fsp3) is 0.643. The zero-order valence-electron chi connectivity index (χ0n) is 24.4. The van der Waals surface area contributed by atoms with E-state index in [1.165, 1.54) is 18.2 Å². The van der Waals surface area contributed by atoms with Crippen molar-refractivity contribution in [3.05, 3.63) is 23.8 Å². The molecule has 0 aliphatic rings. The molecule has 0 aliphatic heterocycles. The number of hydrogen-bond acceptors (Lipinski definition) is 11. The molecule has 1 aromatic rings. The molecule has 0 aliphatic carbocycles. The summed E-state index contributed by atoms with van der Waals surface area (Å²) in [6.07, 6.45) is -1.50. The Labute approximate surface area is 235 Å². The van der Waals surface area contributed by atoms with Crippen LogP contribution in [0.25, 0.3) is 0 Å². The molecule has 0 saturated heterocycles. The Kier molecular flexibility index (Phi) is 14.8. The average molecular weight is 570 g/mol. The molecule has 40 heavy (non-hydrogen) atoms. The van der Waals surface area contributed by atoms with Crippen molar-refractivity contribution in [2.75, 3.05) is 19.8 Å². The maximum Gasteiger partial charge on any atom is 0.513 e. The topological polar surface area (TPSA) is 156 Å². The van der Waals surface area contributed by atoms with Gasteiger partial charge in [-0.05, 0) is 49.8 Å². The average Bonchev–Trinajstić information content (AvgIpc) is 2.91. The number of ether oxygens (including phenoxy) is 6. The third-order valence-corrected chi connectivity index (χ3v) is 6.17. The standard InChI is InChI=1S/C28H43NO11/c1-8-18(5)16-36-25(32)38-22-13-12-21(14-23(22)39-26(33)37-17-19(6)9-2)15-28(24(30)31,29-20(7)10-3)40-27(34)35-11-4/h12-14,18-20,29H,8-11,15-17H2,1-7H3,(H,30,31)/t18?,19?,20?,28-/m0/s1. The molecule has 1 aromatic carbocycles. The van der Waals surface area contributed by atoms with Crippen LogP contribution >= 0.6 is 0 Å². The highest BCUT2D eigenvalue weighted by Crippen LogP contribution is 2.31. The molecule has 0 radical (unpaired) electrons. The van der Waals surface area contributed by atoms with Crippen LogP contribution in [0.3, 0.4) is 0 Å². The first-order valence-corrected chi connectivity index (χ1v) is 13.6. The Morgan fingerprint density at radius 2 is 1.35 bits per heavy atom. The maximum absolute atomic E-state index is 12.4. The van der Waals surface area contributed by atoms with Crippen molar-refractivity contribution in [3.8, 4) is 11.5 Å². The number of aliphatic carboxylic acids is 1. The molecular weight excluding hydrogens is 526 g/mol. The first kappa shape index (κ1) is 34.5. The molecule has 0 heterocycles. The van der Waals surface area contributed by atoms with E-state index < -0.39 is 30.2 Å². The number of benzene rings is 1. The van der Waals surface area contributed by atoms with Crippen molar-refractivity contribution >= 4 is 24.4 Å². The number of rotatable bonds is 16. The number of carboxylic acids is 1. The Balaban J connectivity index is 3.38. The Morgan fingerprint density at radius 3 is 1.82 bits per heavy atom. The van der Waals surface area contributed by atoms with Gasteiger partial charge in [0.25, 0.3) is 5.72 Å². The normalized spacial score (nSPS) is 14.6. The highest BCUT2D eigenvalue weighted by molar-refractivity contribution is 5.80. The van der Waals surface area contributed by atoms with Crippen LogP contribution in [0, 0.1) is 11.8 Å². The molecule has 0 saturated carbocycles. The van der Waals surface area contributed by atoms with E-state index in [1.54, 1.807) is 13.8 Å². The minimum atomic E-state index is -2.21. The largest absolute Gasteiger partial charge is 0.513 e. The van der Waals surface area contributed by atoms with Gasteiger partial charge in [-0.15, -0.1) is 0 Å². The summed E-state index contributed by atoms with van der Waals surface area (Å²) in [5.74, 6) is -1.63. The van der Waals surface area contributed by atoms with Crippen LogP contribution in [0.4, 0.5) is 14.4 Å². The zero-order valence-corrected chi connectivity index (χ0v) is 24.4. The minimum absolute atomic E-state index is 0.0201. The van der Waals surface area contributed by atoms with Gasteiger partial charge in [-0.1, -0.05) is 53.5 Å². The molecular formula is C28H43NO11. The van der Waals surface area contributed by atoms with Gasteiger partial charge in [-0.3, -0.25) is 5.32 Å². The van der Waals surface area contributed by atoms with E-state index >= 15 is 0 Å². The van der Waals surface area contributed by atoms with Gasteiger partial charge >= 0.3 is 24.4 Å². The molecule has 4 atom stereocenters. The van der Waals surface area contributed by atoms with Crippen LogP contribution in [0.1, 0.15) is 73.3 Å². The number of nitrogens with one attached hydrogen (secondary N) is 1. The van der Waals surface area contributed by atoms with Crippen molar-refractivity contribution in [2.45, 2.75) is 85.9 Å². The highest BCUT2D eigenvalue weighted by Gasteiger charge is 2.44. The number of carboxylic acid groups (broad SMARTS) is 1. The summed E-state index contributed by atoms with van der Waals surface area (Å²) >= 11 is 0. The van der Waals surface area contributed by atoms with E-state index in [4.69, 9.17) is 28.4 Å². The Bertz CT molecular complexity index is 983. The van der Waals surface area contributed by atoms with Crippen LogP contribution in [0.15, 0.2) is 18.2 Å². The summed E-state index contributed by atoms with van der Waals surface area (Å²) in [5.41, 5.74) is -1.94. The van der Waals surface area contributed by atoms with E-state index in [-0.39, 0.29) is 61.2 Å². The van der Waals surface area contributed by atoms with E-state index in [9.17, 15) is 24.3 Å². The minimum Gasteiger partial charge on any atom is -0.477 e. The summed E-state index contributed by atoms with van der Waals surface area (Å²) in [6, 6.07) is 3.70. The number of hydrogen-bond donors (Lipinski definition) is 2. The molecule has 2 N–H and O–H groups in total. The molecule has 3 unspecified atom stereocenters. The Hall–Kier alpha value is -3.54. The van der Waals surface area contributed by atoms with E-state index in [0.29, 0.717) is 6.42 Å². The van der Waals surface area contributed by atoms with Gasteiger partial charge in [-0.25, -0.2) is 19.2 Å². The lowest BCUT2D eigenvalue weighted by Crippen LogP contribution is -2.59. The molecule has 226 valence electrons. The molecule has 0 fully saturated rings. The quantitative estimate of drug-likeness (QED) is 0.109. The van der Waals surface area contributed by atoms with Gasteiger partial charge in [-0.2, -0.15) is 0 Å². The molecule has 12 heteroatoms. The summed E-state index contributed by atoms with van der Waals surface area (Å²) in [4.78, 5) is 49.3. The summed E-state index contributed by atoms with van der Waals surface area (Å²) in [5, 5.41) is 13.0. The molecule has 0 bridgehead atoms. The second kappa shape index (κ2) is 17.2. The van der Waals surface area contributed by atoms with Gasteiger partial charge in [0, 0.05) is 12.5 Å². The lowest BCUT2D eigenvalue weighted by Gasteiger charge is -2.32. The van der Waals surface area contributed by atoms with E-state index in [2.05, 4.69) is 5.32 Å². The van der Waals surface area contributed by atoms with Gasteiger partial charge in [0.1, 0.15) is 0 Å². The predicted octanol–water partition coefficient (Wildman–Crippen LogP) is 5.69. The summed E-state index contributed by atoms with van der Waals surface area (Å²) < 4.78 is 31.0. The Morgan fingerprint density at radius 1 is 0.800 bits per heavy atom. The van der Waals surface area contributed by atoms with Crippen molar-refractivity contribution in [3.63, 3.8) is 0 Å². The van der Waals surface area contributed by atoms with Crippen LogP contribution in [-0.2, 0) is 30.2 Å². The van der Waals surface area contributed by atoms with Crippen LogP contribution in [0.5, 0.6) is 11.5 Å². The molecule has 12 nitrogen and oxygen atoms in total. The lowest BCUT2D eigenvalue weighted by atomic mass is 10.00. The predicted molar refractivity (Wildman–Crippen MR) is 144 cm³/mol. The molecule has 0 amide bonds. The van der Waals surface area contributed by atoms with E-state index in [1.807, 2.05) is 34.6 Å². The third kappa shape index (κ3) is 11.7. The third-order valence-electron chi connectivity index (χ3n) is 6.17. The van der Waals surface area contributed by atoms with Crippen LogP contribution in [-0.4, -0.2) is 61.1 Å². The first-order chi connectivity index (χ1) is 18.9. The van der Waals surface area contributed by atoms with Gasteiger partial charge in [0.2, 0.25) is 0 Å². The summed E-state index contributed by atoms with van der Waals surface area (Å²) in [7, 11) is 0. The fourth-order valence-electron chi connectivity index (χ4n) is 3.10. The van der Waals surface area contributed by atoms with Crippen molar-refractivity contribution in [1.29, 1.82) is 0 Å². The highest BCUT2D eigenvalue weighted by atomic mass is 16.8. The van der Waals surface area contributed by atoms with E-state index in [0.717, 1.165) is 12.8 Å². The van der Waals surface area contributed by atoms with Crippen LogP contribution in [0.2, 0.25) is 0 Å². The van der Waals surface area contributed by atoms with Gasteiger partial charge in [0.05, 0.1) is 19.8 Å². The maximum atomic E-state index is 12.4. The van der Waals surface area contributed by atoms with Gasteiger partial charge < -0.3 is 33.5 Å². The fourth-order valence-corrected chi connectivity index (χ4v) is 3.10. The van der Waals surface area contributed by atoms with Crippen molar-refractivity contribution < 1.29 is 52.7 Å². The number of carbonyl (C=O) groups is 4. The SMILES string of the molecule is CCOC(=O)O[C@](Cc1ccc(OC(=O)OCC(C)CC)c(OC(=O)OCC(C)CC)c1)(NC(C)CC)C(=O)O. The first-order valence-electron chi connectivity index (χ1n) is 13.6. The van der Waals surface area contributed by atoms with Crippen molar-refractivity contribution in [2.24, 2.45) is 11.8 Å². The second-order valence-electron chi connectivity index (χ2n) is 9.68. The molecule has 0 aromatic heterocycles. The second-order valence-corrected chi connectivity index (χ2v) is 9.68. The van der Waals surface area contributed by atoms with Crippen molar-refractivity contribution in [1.82, 2.24) is 5.32 Å². The van der Waals surface area contributed by atoms with Crippen LogP contribution < -0.4 is 14.8 Å². The lowest BCUT2D eigenvalue weighted by molar-refractivity contribution is -0.166. The smallest absolute Gasteiger partial charge is 0.477 e. The van der Waals surface area contributed by atoms with Gasteiger partial charge in [0.15, 0.2) is 11.5 Å². The summed E-state index contributed by atoms with van der Waals surface area (Å²) in [6.45, 7) is 13.0. The monoisotopic (exact) mass is 569 g/mol. The molecule has 1 rings (SSSR count).